The lowest BCUT2D eigenvalue weighted by atomic mass is 11.0. The van der Waals surface area contributed by atoms with E-state index >= 15 is 0 Å². The molecule has 4 heteroatoms. The standard InChI is InChI=1S/C2H6O3S/c1-2-6(3,4)5/h2H2,1H3,(H,3,4,5)/i1D,2D. The molecule has 0 fully saturated rings. The van der Waals surface area contributed by atoms with Crippen molar-refractivity contribution in [1.82, 2.24) is 0 Å². The van der Waals surface area contributed by atoms with E-state index in [4.69, 9.17) is 7.29 Å². The van der Waals surface area contributed by atoms with Gasteiger partial charge in [-0.25, -0.2) is 0 Å². The van der Waals surface area contributed by atoms with Crippen LogP contribution in [0.2, 0.25) is 0 Å². The second kappa shape index (κ2) is 1.57. The second-order valence-electron chi connectivity index (χ2n) is 0.682. The molecule has 38 valence electrons. The molecule has 0 aliphatic rings. The van der Waals surface area contributed by atoms with Crippen molar-refractivity contribution in [2.24, 2.45) is 0 Å². The van der Waals surface area contributed by atoms with Gasteiger partial charge in [-0.05, 0) is 6.90 Å². The van der Waals surface area contributed by atoms with Gasteiger partial charge in [0.05, 0.1) is 5.73 Å². The maximum Gasteiger partial charge on any atom is 0.264 e. The van der Waals surface area contributed by atoms with Gasteiger partial charge in [-0.15, -0.1) is 0 Å². The highest BCUT2D eigenvalue weighted by molar-refractivity contribution is 7.85. The van der Waals surface area contributed by atoms with E-state index in [1.54, 1.807) is 0 Å². The van der Waals surface area contributed by atoms with E-state index in [9.17, 15) is 8.42 Å². The van der Waals surface area contributed by atoms with Crippen molar-refractivity contribution in [3.05, 3.63) is 0 Å². The van der Waals surface area contributed by atoms with Crippen LogP contribution in [0.25, 0.3) is 0 Å². The van der Waals surface area contributed by atoms with Crippen molar-refractivity contribution in [3.63, 3.8) is 0 Å². The van der Waals surface area contributed by atoms with Crippen molar-refractivity contribution in [3.8, 4) is 0 Å². The Morgan fingerprint density at radius 3 is 2.67 bits per heavy atom. The van der Waals surface area contributed by atoms with Gasteiger partial charge < -0.3 is 0 Å². The van der Waals surface area contributed by atoms with Crippen molar-refractivity contribution in [2.75, 3.05) is 5.73 Å². The Labute approximate surface area is 39.5 Å². The molecule has 3 nitrogen and oxygen atoms in total. The lowest BCUT2D eigenvalue weighted by Crippen LogP contribution is -1.97. The summed E-state index contributed by atoms with van der Waals surface area (Å²) in [6.45, 7) is -0.626. The SMILES string of the molecule is [2H]CC([2H])S(=O)(=O)O. The molecule has 0 aliphatic carbocycles. The molecule has 0 radical (unpaired) electrons. The summed E-state index contributed by atoms with van der Waals surface area (Å²) in [5.74, 6) is 0. The lowest BCUT2D eigenvalue weighted by molar-refractivity contribution is 0.484. The van der Waals surface area contributed by atoms with Crippen LogP contribution in [0.15, 0.2) is 0 Å². The van der Waals surface area contributed by atoms with Gasteiger partial charge in [0.25, 0.3) is 10.1 Å². The molecular formula is C2H6O3S. The normalized spacial score (nSPS) is 21.5. The topological polar surface area (TPSA) is 54.4 Å². The van der Waals surface area contributed by atoms with E-state index in [0.717, 1.165) is 0 Å². The third-order valence-electron chi connectivity index (χ3n) is 0.211. The molecule has 0 rings (SSSR count). The van der Waals surface area contributed by atoms with Crippen molar-refractivity contribution < 1.29 is 15.7 Å². The molecule has 0 spiro atoms. The molecule has 1 unspecified atom stereocenters. The van der Waals surface area contributed by atoms with Crippen LogP contribution in [-0.4, -0.2) is 18.7 Å². The maximum absolute atomic E-state index is 9.81. The smallest absolute Gasteiger partial charge is 0.264 e. The molecule has 0 aliphatic heterocycles. The van der Waals surface area contributed by atoms with Crippen LogP contribution in [0.4, 0.5) is 0 Å². The van der Waals surface area contributed by atoms with Gasteiger partial charge >= 0.3 is 0 Å². The summed E-state index contributed by atoms with van der Waals surface area (Å²) in [6.07, 6.45) is 0. The highest BCUT2D eigenvalue weighted by Gasteiger charge is 1.93. The molecule has 0 aromatic heterocycles. The quantitative estimate of drug-likeness (QED) is 0.482. The first-order chi connectivity index (χ1) is 3.48. The number of hydrogen-bond donors (Lipinski definition) is 1. The van der Waals surface area contributed by atoms with Crippen LogP contribution in [0.3, 0.4) is 0 Å². The first kappa shape index (κ1) is 2.98. The molecule has 0 amide bonds. The van der Waals surface area contributed by atoms with Gasteiger partial charge in [-0.2, -0.15) is 8.42 Å². The van der Waals surface area contributed by atoms with Crippen LogP contribution in [0.1, 0.15) is 9.64 Å². The van der Waals surface area contributed by atoms with Gasteiger partial charge in [0.1, 0.15) is 0 Å². The van der Waals surface area contributed by atoms with Gasteiger partial charge in [0.2, 0.25) is 0 Å². The Balaban J connectivity index is 4.04. The van der Waals surface area contributed by atoms with Crippen molar-refractivity contribution in [2.45, 2.75) is 6.90 Å². The largest absolute Gasteiger partial charge is 0.286 e. The second-order valence-corrected chi connectivity index (χ2v) is 2.04. The highest BCUT2D eigenvalue weighted by Crippen LogP contribution is 1.74. The third kappa shape index (κ3) is 3.91. The van der Waals surface area contributed by atoms with Crippen LogP contribution in [0, 0.1) is 0 Å². The van der Waals surface area contributed by atoms with Crippen molar-refractivity contribution >= 4 is 10.1 Å². The van der Waals surface area contributed by atoms with Crippen LogP contribution < -0.4 is 0 Å². The van der Waals surface area contributed by atoms with E-state index in [1.807, 2.05) is 0 Å². The van der Waals surface area contributed by atoms with Crippen LogP contribution in [0.5, 0.6) is 0 Å². The molecular weight excluding hydrogens is 104 g/mol. The van der Waals surface area contributed by atoms with Gasteiger partial charge in [-0.3, -0.25) is 4.55 Å². The molecule has 6 heavy (non-hydrogen) atoms. The van der Waals surface area contributed by atoms with Gasteiger partial charge in [0, 0.05) is 2.74 Å². The summed E-state index contributed by atoms with van der Waals surface area (Å²) in [5, 5.41) is 0. The number of hydrogen-bond acceptors (Lipinski definition) is 2. The predicted octanol–water partition coefficient (Wildman–Crippen LogP) is -0.106. The summed E-state index contributed by atoms with van der Waals surface area (Å²) < 4.78 is 40.4. The Bertz CT molecular complexity index is 151. The minimum absolute atomic E-state index is 0.626. The fraction of sp³-hybridized carbons (Fsp3) is 1.00. The molecule has 0 bridgehead atoms. The number of rotatable bonds is 1. The lowest BCUT2D eigenvalue weighted by Gasteiger charge is -1.79. The van der Waals surface area contributed by atoms with Crippen molar-refractivity contribution in [1.29, 1.82) is 0 Å². The van der Waals surface area contributed by atoms with E-state index in [0.29, 0.717) is 0 Å². The fourth-order valence-corrected chi connectivity index (χ4v) is 0. The van der Waals surface area contributed by atoms with E-state index in [2.05, 4.69) is 0 Å². The minimum atomic E-state index is -4.27. The zero-order chi connectivity index (χ0) is 6.78. The average Bonchev–Trinajstić information content (AvgIpc) is 1.62. The molecule has 1 N–H and O–H groups in total. The molecule has 1 atom stereocenters. The molecule has 0 aromatic carbocycles. The Morgan fingerprint density at radius 1 is 2.17 bits per heavy atom. The third-order valence-corrected chi connectivity index (χ3v) is 0.632. The zero-order valence-corrected chi connectivity index (χ0v) is 3.77. The fourth-order valence-electron chi connectivity index (χ4n) is 0. The summed E-state index contributed by atoms with van der Waals surface area (Å²) in [7, 11) is -4.27. The van der Waals surface area contributed by atoms with Crippen LogP contribution in [-0.2, 0) is 10.1 Å². The van der Waals surface area contributed by atoms with Gasteiger partial charge in [-0.1, -0.05) is 0 Å². The summed E-state index contributed by atoms with van der Waals surface area (Å²) in [5.41, 5.74) is -1.71. The highest BCUT2D eigenvalue weighted by atomic mass is 32.2. The van der Waals surface area contributed by atoms with E-state index in [-0.39, 0.29) is 0 Å². The van der Waals surface area contributed by atoms with E-state index < -0.39 is 22.7 Å². The first-order valence-electron chi connectivity index (χ1n) is 2.44. The van der Waals surface area contributed by atoms with Gasteiger partial charge in [0.15, 0.2) is 0 Å². The zero-order valence-electron chi connectivity index (χ0n) is 4.96. The Morgan fingerprint density at radius 2 is 2.67 bits per heavy atom. The Hall–Kier alpha value is -0.0900. The monoisotopic (exact) mass is 112 g/mol. The molecule has 0 saturated heterocycles. The van der Waals surface area contributed by atoms with Crippen LogP contribution >= 0.6 is 0 Å². The minimum Gasteiger partial charge on any atom is -0.286 e. The predicted molar refractivity (Wildman–Crippen MR) is 22.1 cm³/mol. The molecule has 0 saturated carbocycles. The summed E-state index contributed by atoms with van der Waals surface area (Å²) in [6, 6.07) is 0. The first-order valence-corrected chi connectivity index (χ1v) is 2.66. The maximum atomic E-state index is 9.81. The summed E-state index contributed by atoms with van der Waals surface area (Å²) in [4.78, 5) is 0. The van der Waals surface area contributed by atoms with E-state index in [1.165, 1.54) is 0 Å². The summed E-state index contributed by atoms with van der Waals surface area (Å²) >= 11 is 0. The average molecular weight is 112 g/mol. The Kier molecular flexibility index (Phi) is 0.782. The molecule has 0 aromatic rings. The molecule has 0 heterocycles.